The molecule has 0 spiro atoms. The molecule has 0 bridgehead atoms. The van der Waals surface area contributed by atoms with E-state index < -0.39 is 0 Å². The summed E-state index contributed by atoms with van der Waals surface area (Å²) in [5.41, 5.74) is 0.608. The van der Waals surface area contributed by atoms with E-state index in [0.29, 0.717) is 12.1 Å². The number of carbonyl (C=O) groups excluding carboxylic acids is 1. The van der Waals surface area contributed by atoms with Gasteiger partial charge in [-0.15, -0.1) is 0 Å². The molecule has 0 aromatic carbocycles. The van der Waals surface area contributed by atoms with Gasteiger partial charge in [0.2, 0.25) is 0 Å². The molecule has 0 atom stereocenters. The fraction of sp³-hybridized carbons (Fsp3) is 0.375. The fourth-order valence-electron chi connectivity index (χ4n) is 1.93. The molecule has 1 N–H and O–H groups in total. The Morgan fingerprint density at radius 2 is 2.24 bits per heavy atom. The minimum absolute atomic E-state index is 0.00790. The zero-order valence-electron chi connectivity index (χ0n) is 12.5. The lowest BCUT2D eigenvalue weighted by Crippen LogP contribution is -2.27. The van der Waals surface area contributed by atoms with Gasteiger partial charge in [-0.1, -0.05) is 13.3 Å². The van der Waals surface area contributed by atoms with Crippen molar-refractivity contribution in [1.82, 2.24) is 9.88 Å². The smallest absolute Gasteiger partial charge is 0.255 e. The van der Waals surface area contributed by atoms with Crippen molar-refractivity contribution in [2.75, 3.05) is 18.9 Å². The number of amides is 1. The summed E-state index contributed by atoms with van der Waals surface area (Å²) in [6, 6.07) is 7.35. The van der Waals surface area contributed by atoms with E-state index in [-0.39, 0.29) is 5.91 Å². The first kappa shape index (κ1) is 15.1. The van der Waals surface area contributed by atoms with Crippen molar-refractivity contribution in [3.8, 4) is 0 Å². The Morgan fingerprint density at radius 3 is 2.86 bits per heavy atom. The van der Waals surface area contributed by atoms with Crippen molar-refractivity contribution < 1.29 is 9.21 Å². The van der Waals surface area contributed by atoms with Crippen molar-refractivity contribution in [2.45, 2.75) is 26.3 Å². The van der Waals surface area contributed by atoms with Crippen LogP contribution in [0.5, 0.6) is 0 Å². The molecule has 2 heterocycles. The number of hydrogen-bond donors (Lipinski definition) is 1. The van der Waals surface area contributed by atoms with Gasteiger partial charge in [0.25, 0.3) is 5.91 Å². The minimum atomic E-state index is 0.00790. The van der Waals surface area contributed by atoms with Gasteiger partial charge < -0.3 is 14.6 Å². The lowest BCUT2D eigenvalue weighted by atomic mass is 10.2. The number of aromatic nitrogens is 1. The Hall–Kier alpha value is -2.30. The Balaban J connectivity index is 1.90. The summed E-state index contributed by atoms with van der Waals surface area (Å²) in [5, 5.41) is 3.15. The van der Waals surface area contributed by atoms with E-state index in [4.69, 9.17) is 4.42 Å². The van der Waals surface area contributed by atoms with Crippen molar-refractivity contribution in [2.24, 2.45) is 0 Å². The Morgan fingerprint density at radius 1 is 1.38 bits per heavy atom. The van der Waals surface area contributed by atoms with E-state index >= 15 is 0 Å². The van der Waals surface area contributed by atoms with E-state index in [2.05, 4.69) is 17.2 Å². The number of hydrogen-bond acceptors (Lipinski definition) is 4. The monoisotopic (exact) mass is 287 g/mol. The van der Waals surface area contributed by atoms with Crippen LogP contribution >= 0.6 is 0 Å². The van der Waals surface area contributed by atoms with Gasteiger partial charge in [0.15, 0.2) is 0 Å². The van der Waals surface area contributed by atoms with E-state index in [1.54, 1.807) is 23.4 Å². The Bertz CT molecular complexity index is 549. The molecule has 2 aromatic heterocycles. The van der Waals surface area contributed by atoms with Crippen LogP contribution in [0.25, 0.3) is 0 Å². The largest absolute Gasteiger partial charge is 0.467 e. The van der Waals surface area contributed by atoms with Crippen LogP contribution in [0.1, 0.15) is 35.9 Å². The normalized spacial score (nSPS) is 10.4. The summed E-state index contributed by atoms with van der Waals surface area (Å²) >= 11 is 0. The molecule has 0 aliphatic carbocycles. The van der Waals surface area contributed by atoms with Gasteiger partial charge in [-0.25, -0.2) is 4.98 Å². The molecule has 0 saturated heterocycles. The zero-order valence-corrected chi connectivity index (χ0v) is 12.5. The quantitative estimate of drug-likeness (QED) is 0.850. The van der Waals surface area contributed by atoms with Crippen LogP contribution in [-0.2, 0) is 6.54 Å². The zero-order chi connectivity index (χ0) is 15.1. The first-order valence-electron chi connectivity index (χ1n) is 7.18. The van der Waals surface area contributed by atoms with Gasteiger partial charge in [0.1, 0.15) is 11.6 Å². The van der Waals surface area contributed by atoms with Crippen molar-refractivity contribution in [3.63, 3.8) is 0 Å². The van der Waals surface area contributed by atoms with Crippen LogP contribution in [0.15, 0.2) is 41.1 Å². The third-order valence-electron chi connectivity index (χ3n) is 3.23. The van der Waals surface area contributed by atoms with Crippen LogP contribution in [0.4, 0.5) is 5.82 Å². The molecule has 112 valence electrons. The van der Waals surface area contributed by atoms with Gasteiger partial charge in [-0.3, -0.25) is 4.79 Å². The highest BCUT2D eigenvalue weighted by atomic mass is 16.3. The standard InChI is InChI=1S/C16H21N3O2/c1-3-4-9-19(2)16(20)13-7-8-15(17-11-13)18-12-14-6-5-10-21-14/h5-8,10-11H,3-4,9,12H2,1-2H3,(H,17,18). The highest BCUT2D eigenvalue weighted by Crippen LogP contribution is 2.10. The van der Waals surface area contributed by atoms with Gasteiger partial charge in [0, 0.05) is 19.8 Å². The van der Waals surface area contributed by atoms with Gasteiger partial charge in [0.05, 0.1) is 18.4 Å². The molecule has 1 amide bonds. The minimum Gasteiger partial charge on any atom is -0.467 e. The molecule has 0 unspecified atom stereocenters. The molecule has 21 heavy (non-hydrogen) atoms. The second kappa shape index (κ2) is 7.47. The molecule has 5 heteroatoms. The number of pyridine rings is 1. The number of unbranched alkanes of at least 4 members (excludes halogenated alkanes) is 1. The van der Waals surface area contributed by atoms with Gasteiger partial charge in [-0.2, -0.15) is 0 Å². The first-order chi connectivity index (χ1) is 10.2. The first-order valence-corrected chi connectivity index (χ1v) is 7.18. The summed E-state index contributed by atoms with van der Waals surface area (Å²) < 4.78 is 5.24. The van der Waals surface area contributed by atoms with Crippen LogP contribution in [0.2, 0.25) is 0 Å². The summed E-state index contributed by atoms with van der Waals surface area (Å²) in [7, 11) is 1.82. The Labute approximate surface area is 125 Å². The maximum Gasteiger partial charge on any atom is 0.255 e. The molecular formula is C16H21N3O2. The average Bonchev–Trinajstić information content (AvgIpc) is 3.04. The number of carbonyl (C=O) groups is 1. The van der Waals surface area contributed by atoms with Gasteiger partial charge in [-0.05, 0) is 30.7 Å². The molecule has 0 aliphatic heterocycles. The molecule has 0 fully saturated rings. The number of nitrogens with one attached hydrogen (secondary N) is 1. The molecule has 0 saturated carbocycles. The summed E-state index contributed by atoms with van der Waals surface area (Å²) in [4.78, 5) is 18.2. The van der Waals surface area contributed by atoms with Crippen LogP contribution in [-0.4, -0.2) is 29.4 Å². The third kappa shape index (κ3) is 4.34. The van der Waals surface area contributed by atoms with Crippen LogP contribution < -0.4 is 5.32 Å². The predicted octanol–water partition coefficient (Wildman–Crippen LogP) is 3.16. The van der Waals surface area contributed by atoms with Crippen molar-refractivity contribution in [3.05, 3.63) is 48.0 Å². The highest BCUT2D eigenvalue weighted by molar-refractivity contribution is 5.93. The number of anilines is 1. The third-order valence-corrected chi connectivity index (χ3v) is 3.23. The molecule has 2 rings (SSSR count). The summed E-state index contributed by atoms with van der Waals surface area (Å²) in [5.74, 6) is 1.57. The number of rotatable bonds is 7. The van der Waals surface area contributed by atoms with E-state index in [1.165, 1.54) is 0 Å². The van der Waals surface area contributed by atoms with Crippen molar-refractivity contribution in [1.29, 1.82) is 0 Å². The molecule has 2 aromatic rings. The van der Waals surface area contributed by atoms with E-state index in [0.717, 1.165) is 31.0 Å². The summed E-state index contributed by atoms with van der Waals surface area (Å²) in [6.07, 6.45) is 5.33. The topological polar surface area (TPSA) is 58.4 Å². The van der Waals surface area contributed by atoms with E-state index in [9.17, 15) is 4.79 Å². The number of furan rings is 1. The van der Waals surface area contributed by atoms with Crippen LogP contribution in [0, 0.1) is 0 Å². The van der Waals surface area contributed by atoms with Gasteiger partial charge >= 0.3 is 0 Å². The molecule has 0 aliphatic rings. The molecular weight excluding hydrogens is 266 g/mol. The average molecular weight is 287 g/mol. The lowest BCUT2D eigenvalue weighted by molar-refractivity contribution is 0.0793. The SMILES string of the molecule is CCCCN(C)C(=O)c1ccc(NCc2ccco2)nc1. The summed E-state index contributed by atoms with van der Waals surface area (Å²) in [6.45, 7) is 3.46. The van der Waals surface area contributed by atoms with E-state index in [1.807, 2.05) is 25.2 Å². The second-order valence-electron chi connectivity index (χ2n) is 4.95. The van der Waals surface area contributed by atoms with Crippen molar-refractivity contribution >= 4 is 11.7 Å². The lowest BCUT2D eigenvalue weighted by Gasteiger charge is -2.16. The highest BCUT2D eigenvalue weighted by Gasteiger charge is 2.11. The fourth-order valence-corrected chi connectivity index (χ4v) is 1.93. The number of nitrogens with zero attached hydrogens (tertiary/aromatic N) is 2. The maximum absolute atomic E-state index is 12.2. The molecule has 5 nitrogen and oxygen atoms in total. The second-order valence-corrected chi connectivity index (χ2v) is 4.95. The molecule has 0 radical (unpaired) electrons. The maximum atomic E-state index is 12.2. The Kier molecular flexibility index (Phi) is 5.37. The predicted molar refractivity (Wildman–Crippen MR) is 82.1 cm³/mol. The van der Waals surface area contributed by atoms with Crippen LogP contribution in [0.3, 0.4) is 0 Å².